The average molecular weight is 316 g/mol. The monoisotopic (exact) mass is 315 g/mol. The Kier molecular flexibility index (Phi) is 4.03. The van der Waals surface area contributed by atoms with Gasteiger partial charge in [-0.05, 0) is 48.9 Å². The first kappa shape index (κ1) is 15.7. The summed E-state index contributed by atoms with van der Waals surface area (Å²) in [5.74, 6) is 4.57. The van der Waals surface area contributed by atoms with Gasteiger partial charge in [0.1, 0.15) is 5.82 Å². The zero-order valence-corrected chi connectivity index (χ0v) is 15.1. The number of H-pyrrole nitrogens is 1. The number of aromatic nitrogens is 2. The van der Waals surface area contributed by atoms with Crippen molar-refractivity contribution in [2.24, 2.45) is 23.2 Å². The fourth-order valence-corrected chi connectivity index (χ4v) is 5.71. The molecule has 0 amide bonds. The summed E-state index contributed by atoms with van der Waals surface area (Å²) in [6.07, 6.45) is 11.7. The fourth-order valence-electron chi connectivity index (χ4n) is 5.71. The van der Waals surface area contributed by atoms with E-state index in [-0.39, 0.29) is 0 Å². The van der Waals surface area contributed by atoms with Gasteiger partial charge in [-0.25, -0.2) is 4.98 Å². The van der Waals surface area contributed by atoms with E-state index in [1.807, 2.05) is 0 Å². The molecule has 0 saturated heterocycles. The quantitative estimate of drug-likeness (QED) is 0.851. The van der Waals surface area contributed by atoms with Crippen molar-refractivity contribution in [1.82, 2.24) is 15.3 Å². The number of nitrogens with zero attached hydrogens (tertiary/aromatic N) is 1. The number of nitrogens with one attached hydrogen (secondary N) is 2. The molecule has 0 unspecified atom stereocenters. The number of fused-ring (bicyclic) bond motifs is 2. The molecule has 1 aromatic rings. The molecule has 0 radical (unpaired) electrons. The topological polar surface area (TPSA) is 40.7 Å². The molecular weight excluding hydrogens is 282 g/mol. The van der Waals surface area contributed by atoms with Crippen LogP contribution in [0.4, 0.5) is 0 Å². The molecule has 5 rings (SSSR count). The van der Waals surface area contributed by atoms with Gasteiger partial charge in [-0.3, -0.25) is 0 Å². The Morgan fingerprint density at radius 3 is 2.70 bits per heavy atom. The van der Waals surface area contributed by atoms with E-state index < -0.39 is 0 Å². The SMILES string of the molecule is C[C@@H]1[C@H]2C[C@@H](C[C@H]1NCc1cnc(C3CCCCC3)[nH]1)C2(C)C. The van der Waals surface area contributed by atoms with E-state index >= 15 is 0 Å². The van der Waals surface area contributed by atoms with Crippen LogP contribution in [0.25, 0.3) is 0 Å². The van der Waals surface area contributed by atoms with Gasteiger partial charge in [0.2, 0.25) is 0 Å². The minimum absolute atomic E-state index is 0.583. The minimum atomic E-state index is 0.583. The third-order valence-electron chi connectivity index (χ3n) is 7.55. The lowest BCUT2D eigenvalue weighted by molar-refractivity contribution is -0.115. The maximum absolute atomic E-state index is 4.67. The molecule has 0 spiro atoms. The Bertz CT molecular complexity index is 541. The molecule has 3 heteroatoms. The third-order valence-corrected chi connectivity index (χ3v) is 7.55. The predicted molar refractivity (Wildman–Crippen MR) is 94.2 cm³/mol. The van der Waals surface area contributed by atoms with Crippen LogP contribution < -0.4 is 5.32 Å². The van der Waals surface area contributed by atoms with Gasteiger partial charge in [0.25, 0.3) is 0 Å². The molecule has 1 heterocycles. The van der Waals surface area contributed by atoms with Gasteiger partial charge in [-0.2, -0.15) is 0 Å². The van der Waals surface area contributed by atoms with Crippen molar-refractivity contribution in [3.63, 3.8) is 0 Å². The molecule has 2 bridgehead atoms. The van der Waals surface area contributed by atoms with Gasteiger partial charge in [0, 0.05) is 30.4 Å². The van der Waals surface area contributed by atoms with Crippen molar-refractivity contribution < 1.29 is 0 Å². The van der Waals surface area contributed by atoms with Crippen LogP contribution in [-0.2, 0) is 6.54 Å². The molecule has 3 nitrogen and oxygen atoms in total. The Morgan fingerprint density at radius 2 is 2.00 bits per heavy atom. The van der Waals surface area contributed by atoms with Crippen LogP contribution in [0.5, 0.6) is 0 Å². The van der Waals surface area contributed by atoms with Crippen LogP contribution in [0.15, 0.2) is 6.20 Å². The summed E-state index contributed by atoms with van der Waals surface area (Å²) in [6.45, 7) is 8.36. The predicted octanol–water partition coefficient (Wildman–Crippen LogP) is 4.62. The summed E-state index contributed by atoms with van der Waals surface area (Å²) in [6, 6.07) is 0.688. The largest absolute Gasteiger partial charge is 0.345 e. The molecule has 2 N–H and O–H groups in total. The molecule has 0 aliphatic heterocycles. The second-order valence-electron chi connectivity index (χ2n) is 9.07. The van der Waals surface area contributed by atoms with Crippen LogP contribution in [0.3, 0.4) is 0 Å². The van der Waals surface area contributed by atoms with Crippen molar-refractivity contribution >= 4 is 0 Å². The first-order chi connectivity index (χ1) is 11.1. The molecule has 128 valence electrons. The summed E-state index contributed by atoms with van der Waals surface area (Å²) in [5.41, 5.74) is 1.86. The number of aromatic amines is 1. The first-order valence-corrected chi connectivity index (χ1v) is 9.83. The molecule has 4 aliphatic carbocycles. The van der Waals surface area contributed by atoms with Crippen LogP contribution >= 0.6 is 0 Å². The first-order valence-electron chi connectivity index (χ1n) is 9.83. The van der Waals surface area contributed by atoms with Gasteiger partial charge in [-0.1, -0.05) is 40.0 Å². The van der Waals surface area contributed by atoms with Crippen LogP contribution in [0.1, 0.15) is 83.2 Å². The molecule has 4 aliphatic rings. The summed E-state index contributed by atoms with van der Waals surface area (Å²) in [7, 11) is 0. The molecule has 4 fully saturated rings. The third kappa shape index (κ3) is 2.75. The van der Waals surface area contributed by atoms with E-state index in [0.717, 1.165) is 24.3 Å². The van der Waals surface area contributed by atoms with E-state index in [1.54, 1.807) is 0 Å². The van der Waals surface area contributed by atoms with Gasteiger partial charge >= 0.3 is 0 Å². The Hall–Kier alpha value is -0.830. The van der Waals surface area contributed by atoms with Gasteiger partial charge in [-0.15, -0.1) is 0 Å². The molecular formula is C20H33N3. The summed E-state index contributed by atoms with van der Waals surface area (Å²) < 4.78 is 0. The van der Waals surface area contributed by atoms with E-state index in [4.69, 9.17) is 0 Å². The van der Waals surface area contributed by atoms with Crippen molar-refractivity contribution in [2.75, 3.05) is 0 Å². The van der Waals surface area contributed by atoms with E-state index in [0.29, 0.717) is 17.4 Å². The summed E-state index contributed by atoms with van der Waals surface area (Å²) in [5, 5.41) is 3.83. The number of imidazole rings is 1. The second-order valence-corrected chi connectivity index (χ2v) is 9.07. The Balaban J connectivity index is 1.32. The van der Waals surface area contributed by atoms with Crippen molar-refractivity contribution in [2.45, 2.75) is 84.2 Å². The maximum Gasteiger partial charge on any atom is 0.109 e. The molecule has 4 saturated carbocycles. The molecule has 0 aromatic carbocycles. The normalized spacial score (nSPS) is 36.7. The molecule has 1 aromatic heterocycles. The van der Waals surface area contributed by atoms with Crippen LogP contribution in [0.2, 0.25) is 0 Å². The number of rotatable bonds is 4. The fraction of sp³-hybridized carbons (Fsp3) is 0.850. The highest BCUT2D eigenvalue weighted by molar-refractivity contribution is 5.09. The van der Waals surface area contributed by atoms with Crippen LogP contribution in [0, 0.1) is 23.2 Å². The van der Waals surface area contributed by atoms with Crippen molar-refractivity contribution in [1.29, 1.82) is 0 Å². The van der Waals surface area contributed by atoms with Gasteiger partial charge in [0.15, 0.2) is 0 Å². The second kappa shape index (κ2) is 5.91. The lowest BCUT2D eigenvalue weighted by Crippen LogP contribution is -2.59. The zero-order chi connectivity index (χ0) is 16.0. The zero-order valence-electron chi connectivity index (χ0n) is 15.1. The van der Waals surface area contributed by atoms with E-state index in [1.165, 1.54) is 56.5 Å². The highest BCUT2D eigenvalue weighted by Gasteiger charge is 2.55. The van der Waals surface area contributed by atoms with Crippen LogP contribution in [-0.4, -0.2) is 16.0 Å². The lowest BCUT2D eigenvalue weighted by atomic mass is 9.45. The van der Waals surface area contributed by atoms with Crippen molar-refractivity contribution in [3.05, 3.63) is 17.7 Å². The molecule has 4 atom stereocenters. The highest BCUT2D eigenvalue weighted by Crippen LogP contribution is 2.61. The van der Waals surface area contributed by atoms with E-state index in [2.05, 4.69) is 42.3 Å². The molecule has 23 heavy (non-hydrogen) atoms. The summed E-state index contributed by atoms with van der Waals surface area (Å²) in [4.78, 5) is 8.28. The Labute approximate surface area is 141 Å². The van der Waals surface area contributed by atoms with Crippen molar-refractivity contribution in [3.8, 4) is 0 Å². The number of hydrogen-bond donors (Lipinski definition) is 2. The summed E-state index contributed by atoms with van der Waals surface area (Å²) >= 11 is 0. The Morgan fingerprint density at radius 1 is 1.22 bits per heavy atom. The standard InChI is InChI=1S/C20H33N3/c1-13-17-9-15(20(17,2)3)10-18(13)21-11-16-12-22-19(23-16)14-7-5-4-6-8-14/h12-15,17-18,21H,4-11H2,1-3H3,(H,22,23)/t13-,15+,17-,18-/m1/s1. The lowest BCUT2D eigenvalue weighted by Gasteiger charge is -2.62. The average Bonchev–Trinajstić information content (AvgIpc) is 3.03. The van der Waals surface area contributed by atoms with Gasteiger partial charge in [0.05, 0.1) is 0 Å². The smallest absolute Gasteiger partial charge is 0.109 e. The van der Waals surface area contributed by atoms with E-state index in [9.17, 15) is 0 Å². The maximum atomic E-state index is 4.67. The minimum Gasteiger partial charge on any atom is -0.345 e. The van der Waals surface area contributed by atoms with Gasteiger partial charge < -0.3 is 10.3 Å². The number of hydrogen-bond acceptors (Lipinski definition) is 2. The highest BCUT2D eigenvalue weighted by atomic mass is 15.0.